The summed E-state index contributed by atoms with van der Waals surface area (Å²) >= 11 is 0. The van der Waals surface area contributed by atoms with Crippen LogP contribution < -0.4 is 10.1 Å². The fraction of sp³-hybridized carbons (Fsp3) is 0.381. The molecule has 0 aliphatic carbocycles. The number of carbonyl (C=O) groups is 1. The van der Waals surface area contributed by atoms with Gasteiger partial charge in [-0.15, -0.1) is 0 Å². The van der Waals surface area contributed by atoms with Crippen molar-refractivity contribution < 1.29 is 9.53 Å². The van der Waals surface area contributed by atoms with Crippen LogP contribution in [0.4, 0.5) is 5.82 Å². The minimum absolute atomic E-state index is 0.214. The predicted molar refractivity (Wildman–Crippen MR) is 109 cm³/mol. The molecule has 0 unspecified atom stereocenters. The molecule has 1 saturated heterocycles. The summed E-state index contributed by atoms with van der Waals surface area (Å²) in [5.74, 6) is 1.85. The Kier molecular flexibility index (Phi) is 5.41. The van der Waals surface area contributed by atoms with Crippen molar-refractivity contribution in [1.82, 2.24) is 19.3 Å². The Hall–Kier alpha value is -3.09. The van der Waals surface area contributed by atoms with Crippen LogP contribution in [0.2, 0.25) is 0 Å². The van der Waals surface area contributed by atoms with Crippen molar-refractivity contribution in [2.45, 2.75) is 25.7 Å². The maximum absolute atomic E-state index is 12.5. The lowest BCUT2D eigenvalue weighted by atomic mass is 10.1. The van der Waals surface area contributed by atoms with Gasteiger partial charge in [0.1, 0.15) is 17.3 Å². The highest BCUT2D eigenvalue weighted by Gasteiger charge is 2.18. The van der Waals surface area contributed by atoms with Gasteiger partial charge >= 0.3 is 0 Å². The normalized spacial score (nSPS) is 14.2. The zero-order chi connectivity index (χ0) is 19.3. The quantitative estimate of drug-likeness (QED) is 0.712. The number of aromatic nitrogens is 3. The minimum atomic E-state index is 0.214. The number of benzene rings is 1. The summed E-state index contributed by atoms with van der Waals surface area (Å²) in [6.45, 7) is 2.33. The molecule has 3 heterocycles. The van der Waals surface area contributed by atoms with E-state index in [1.807, 2.05) is 39.8 Å². The molecule has 0 saturated carbocycles. The molecule has 2 aromatic heterocycles. The molecule has 1 aliphatic rings. The van der Waals surface area contributed by atoms with E-state index in [2.05, 4.69) is 10.3 Å². The zero-order valence-electron chi connectivity index (χ0n) is 16.1. The zero-order valence-corrected chi connectivity index (χ0v) is 16.1. The topological polar surface area (TPSA) is 71.8 Å². The van der Waals surface area contributed by atoms with Crippen LogP contribution >= 0.6 is 0 Å². The van der Waals surface area contributed by atoms with Gasteiger partial charge in [-0.05, 0) is 31.4 Å². The summed E-state index contributed by atoms with van der Waals surface area (Å²) in [4.78, 5) is 23.3. The van der Waals surface area contributed by atoms with E-state index in [0.717, 1.165) is 54.4 Å². The van der Waals surface area contributed by atoms with Gasteiger partial charge in [-0.3, -0.25) is 14.2 Å². The Morgan fingerprint density at radius 3 is 2.93 bits per heavy atom. The molecule has 1 aromatic carbocycles. The maximum atomic E-state index is 12.5. The lowest BCUT2D eigenvalue weighted by molar-refractivity contribution is -0.131. The van der Waals surface area contributed by atoms with E-state index >= 15 is 0 Å². The molecule has 146 valence electrons. The van der Waals surface area contributed by atoms with Gasteiger partial charge in [-0.25, -0.2) is 4.98 Å². The number of rotatable bonds is 6. The smallest absolute Gasteiger partial charge is 0.224 e. The Morgan fingerprint density at radius 1 is 1.25 bits per heavy atom. The number of nitrogens with zero attached hydrogens (tertiary/aromatic N) is 4. The van der Waals surface area contributed by atoms with Gasteiger partial charge in [0, 0.05) is 44.0 Å². The minimum Gasteiger partial charge on any atom is -0.497 e. The molecule has 1 amide bonds. The molecule has 28 heavy (non-hydrogen) atoms. The first-order valence-electron chi connectivity index (χ1n) is 9.74. The molecule has 0 bridgehead atoms. The SMILES string of the molecule is COc1cccc(-c2nc3cnccn3c2NCCC(=O)N2CCCCC2)c1. The van der Waals surface area contributed by atoms with Crippen molar-refractivity contribution in [3.8, 4) is 17.0 Å². The van der Waals surface area contributed by atoms with Crippen molar-refractivity contribution in [2.24, 2.45) is 0 Å². The number of hydrogen-bond acceptors (Lipinski definition) is 5. The van der Waals surface area contributed by atoms with Crippen LogP contribution in [0.15, 0.2) is 42.9 Å². The monoisotopic (exact) mass is 379 g/mol. The molecular formula is C21H25N5O2. The average molecular weight is 379 g/mol. The van der Waals surface area contributed by atoms with Gasteiger partial charge in [0.15, 0.2) is 5.65 Å². The van der Waals surface area contributed by atoms with Gasteiger partial charge in [-0.1, -0.05) is 12.1 Å². The van der Waals surface area contributed by atoms with Crippen LogP contribution in [0.3, 0.4) is 0 Å². The number of carbonyl (C=O) groups excluding carboxylic acids is 1. The van der Waals surface area contributed by atoms with Gasteiger partial charge in [0.25, 0.3) is 0 Å². The third-order valence-corrected chi connectivity index (χ3v) is 5.11. The standard InChI is InChI=1S/C21H25N5O2/c1-28-17-7-5-6-16(14-17)20-21(26-13-10-22-15-18(26)24-20)23-9-8-19(27)25-11-3-2-4-12-25/h5-7,10,13-15,23H,2-4,8-9,11-12H2,1H3. The molecule has 3 aromatic rings. The Labute approximate surface area is 164 Å². The fourth-order valence-electron chi connectivity index (χ4n) is 3.64. The summed E-state index contributed by atoms with van der Waals surface area (Å²) in [6.07, 6.45) is 9.25. The van der Waals surface area contributed by atoms with Crippen LogP contribution in [-0.4, -0.2) is 51.9 Å². The van der Waals surface area contributed by atoms with E-state index < -0.39 is 0 Å². The Balaban J connectivity index is 1.56. The molecule has 0 atom stereocenters. The van der Waals surface area contributed by atoms with Crippen molar-refractivity contribution in [1.29, 1.82) is 0 Å². The van der Waals surface area contributed by atoms with E-state index in [4.69, 9.17) is 9.72 Å². The predicted octanol–water partition coefficient (Wildman–Crippen LogP) is 3.22. The van der Waals surface area contributed by atoms with Crippen molar-refractivity contribution in [3.63, 3.8) is 0 Å². The number of imidazole rings is 1. The van der Waals surface area contributed by atoms with Gasteiger partial charge in [-0.2, -0.15) is 0 Å². The first kappa shape index (κ1) is 18.3. The maximum Gasteiger partial charge on any atom is 0.224 e. The molecule has 1 fully saturated rings. The average Bonchev–Trinajstić information content (AvgIpc) is 3.13. The van der Waals surface area contributed by atoms with E-state index in [-0.39, 0.29) is 5.91 Å². The Bertz CT molecular complexity index is 962. The number of methoxy groups -OCH3 is 1. The van der Waals surface area contributed by atoms with Gasteiger partial charge in [0.05, 0.1) is 13.3 Å². The van der Waals surface area contributed by atoms with Crippen LogP contribution in [0, 0.1) is 0 Å². The number of nitrogens with one attached hydrogen (secondary N) is 1. The molecule has 1 N–H and O–H groups in total. The number of ether oxygens (including phenoxy) is 1. The number of amides is 1. The van der Waals surface area contributed by atoms with Crippen molar-refractivity contribution in [3.05, 3.63) is 42.9 Å². The number of anilines is 1. The van der Waals surface area contributed by atoms with E-state index in [9.17, 15) is 4.79 Å². The molecule has 4 rings (SSSR count). The third-order valence-electron chi connectivity index (χ3n) is 5.11. The van der Waals surface area contributed by atoms with Gasteiger partial charge < -0.3 is 15.0 Å². The summed E-state index contributed by atoms with van der Waals surface area (Å²) in [7, 11) is 1.65. The number of likely N-dealkylation sites (tertiary alicyclic amines) is 1. The third kappa shape index (κ3) is 3.78. The highest BCUT2D eigenvalue weighted by Crippen LogP contribution is 2.30. The summed E-state index contributed by atoms with van der Waals surface area (Å²) in [5, 5.41) is 3.43. The highest BCUT2D eigenvalue weighted by molar-refractivity contribution is 5.79. The summed E-state index contributed by atoms with van der Waals surface area (Å²) in [6, 6.07) is 7.81. The van der Waals surface area contributed by atoms with Crippen LogP contribution in [-0.2, 0) is 4.79 Å². The van der Waals surface area contributed by atoms with Crippen molar-refractivity contribution in [2.75, 3.05) is 32.1 Å². The van der Waals surface area contributed by atoms with Crippen LogP contribution in [0.1, 0.15) is 25.7 Å². The fourth-order valence-corrected chi connectivity index (χ4v) is 3.64. The van der Waals surface area contributed by atoms with E-state index in [1.165, 1.54) is 6.42 Å². The Morgan fingerprint density at radius 2 is 2.11 bits per heavy atom. The van der Waals surface area contributed by atoms with E-state index in [0.29, 0.717) is 13.0 Å². The van der Waals surface area contributed by atoms with Crippen LogP contribution in [0.5, 0.6) is 5.75 Å². The second kappa shape index (κ2) is 8.29. The lowest BCUT2D eigenvalue weighted by Gasteiger charge is -2.26. The summed E-state index contributed by atoms with van der Waals surface area (Å²) in [5.41, 5.74) is 2.52. The second-order valence-corrected chi connectivity index (χ2v) is 6.96. The van der Waals surface area contributed by atoms with Crippen LogP contribution in [0.25, 0.3) is 16.9 Å². The number of hydrogen-bond donors (Lipinski definition) is 1. The lowest BCUT2D eigenvalue weighted by Crippen LogP contribution is -2.36. The van der Waals surface area contributed by atoms with E-state index in [1.54, 1.807) is 19.5 Å². The first-order chi connectivity index (χ1) is 13.8. The number of fused-ring (bicyclic) bond motifs is 1. The highest BCUT2D eigenvalue weighted by atomic mass is 16.5. The largest absolute Gasteiger partial charge is 0.497 e. The number of piperidine rings is 1. The molecular weight excluding hydrogens is 354 g/mol. The molecule has 1 aliphatic heterocycles. The molecule has 0 radical (unpaired) electrons. The molecule has 7 nitrogen and oxygen atoms in total. The summed E-state index contributed by atoms with van der Waals surface area (Å²) < 4.78 is 7.32. The van der Waals surface area contributed by atoms with Crippen molar-refractivity contribution >= 4 is 17.4 Å². The second-order valence-electron chi connectivity index (χ2n) is 6.96. The molecule has 0 spiro atoms. The molecule has 7 heteroatoms. The first-order valence-corrected chi connectivity index (χ1v) is 9.74. The van der Waals surface area contributed by atoms with Gasteiger partial charge in [0.2, 0.25) is 5.91 Å².